The zero-order valence-electron chi connectivity index (χ0n) is 23.9. The highest BCUT2D eigenvalue weighted by atomic mass is 16.6. The van der Waals surface area contributed by atoms with Crippen LogP contribution in [0, 0.1) is 11.3 Å². The summed E-state index contributed by atoms with van der Waals surface area (Å²) >= 11 is 0. The van der Waals surface area contributed by atoms with Gasteiger partial charge in [-0.05, 0) is 95.6 Å². The number of benzene rings is 1. The van der Waals surface area contributed by atoms with Gasteiger partial charge in [-0.15, -0.1) is 0 Å². The number of rotatable bonds is 17. The predicted octanol–water partition coefficient (Wildman–Crippen LogP) is 2.32. The second kappa shape index (κ2) is 16.6. The zero-order chi connectivity index (χ0) is 28.8. The molecule has 0 saturated carbocycles. The molecule has 1 aromatic rings. The molecule has 0 aromatic heterocycles. The number of esters is 2. The third-order valence-electron chi connectivity index (χ3n) is 7.66. The second-order valence-corrected chi connectivity index (χ2v) is 10.7. The van der Waals surface area contributed by atoms with Crippen LogP contribution >= 0.6 is 0 Å². The van der Waals surface area contributed by atoms with Crippen LogP contribution in [0.15, 0.2) is 18.2 Å². The van der Waals surface area contributed by atoms with Crippen molar-refractivity contribution < 1.29 is 39.1 Å². The molecular weight excluding hydrogens is 504 g/mol. The lowest BCUT2D eigenvalue weighted by molar-refractivity contribution is -0.166. The van der Waals surface area contributed by atoms with Gasteiger partial charge in [0.2, 0.25) is 0 Å². The third-order valence-corrected chi connectivity index (χ3v) is 7.66. The number of phenols is 1. The van der Waals surface area contributed by atoms with Gasteiger partial charge in [-0.2, -0.15) is 0 Å². The Bertz CT molecular complexity index is 888. The number of nitrogens with one attached hydrogen (secondary N) is 2. The van der Waals surface area contributed by atoms with Gasteiger partial charge in [0.1, 0.15) is 12.2 Å². The van der Waals surface area contributed by atoms with Crippen molar-refractivity contribution in [3.8, 4) is 11.5 Å². The van der Waals surface area contributed by atoms with Crippen LogP contribution in [0.4, 0.5) is 0 Å². The van der Waals surface area contributed by atoms with E-state index in [0.717, 1.165) is 31.5 Å². The van der Waals surface area contributed by atoms with Gasteiger partial charge in [0.15, 0.2) is 11.5 Å². The molecule has 1 aliphatic heterocycles. The Labute approximate surface area is 232 Å². The average molecular weight is 553 g/mol. The molecule has 4 atom stereocenters. The molecule has 39 heavy (non-hydrogen) atoms. The van der Waals surface area contributed by atoms with Gasteiger partial charge >= 0.3 is 11.9 Å². The van der Waals surface area contributed by atoms with E-state index in [9.17, 15) is 24.9 Å². The normalized spacial score (nSPS) is 18.0. The maximum atomic E-state index is 12.9. The minimum Gasteiger partial charge on any atom is -0.504 e. The van der Waals surface area contributed by atoms with E-state index in [0.29, 0.717) is 44.3 Å². The first-order valence-corrected chi connectivity index (χ1v) is 14.0. The number of likely N-dealkylation sites (N-methyl/N-ethyl adjacent to an activating group) is 1. The highest BCUT2D eigenvalue weighted by Gasteiger charge is 2.45. The van der Waals surface area contributed by atoms with Crippen LogP contribution in [0.3, 0.4) is 0 Å². The molecule has 0 radical (unpaired) electrons. The lowest BCUT2D eigenvalue weighted by Crippen LogP contribution is -2.50. The van der Waals surface area contributed by atoms with E-state index < -0.39 is 29.7 Å². The molecule has 0 aliphatic carbocycles. The van der Waals surface area contributed by atoms with E-state index in [1.807, 2.05) is 12.1 Å². The van der Waals surface area contributed by atoms with Crippen molar-refractivity contribution >= 4 is 11.9 Å². The Hall–Kier alpha value is -2.40. The summed E-state index contributed by atoms with van der Waals surface area (Å²) in [6.45, 7) is 4.63. The van der Waals surface area contributed by atoms with Crippen LogP contribution in [-0.4, -0.2) is 86.0 Å². The standard InChI is InChI=1S/C29H48N2O8/c1-20(33)7-9-23(6-5-15-32)25(38-21(2)34)17-27(39-28(36)19-30-3)29(11-13-31-14-12-29)18-22-8-10-24(35)26(16-22)37-4/h8,10,16,20,23,25,27,30-33,35H,5-7,9,11-15,17-19H2,1-4H3. The van der Waals surface area contributed by atoms with Crippen molar-refractivity contribution in [2.75, 3.05) is 40.4 Å². The van der Waals surface area contributed by atoms with Gasteiger partial charge in [-0.1, -0.05) is 6.07 Å². The molecule has 10 nitrogen and oxygen atoms in total. The quantitative estimate of drug-likeness (QED) is 0.182. The lowest BCUT2D eigenvalue weighted by atomic mass is 9.68. The number of aliphatic hydroxyl groups excluding tert-OH is 2. The Morgan fingerprint density at radius 2 is 1.87 bits per heavy atom. The highest BCUT2D eigenvalue weighted by Crippen LogP contribution is 2.43. The van der Waals surface area contributed by atoms with Crippen molar-refractivity contribution in [3.63, 3.8) is 0 Å². The number of ether oxygens (including phenoxy) is 3. The van der Waals surface area contributed by atoms with Crippen LogP contribution < -0.4 is 15.4 Å². The van der Waals surface area contributed by atoms with E-state index in [2.05, 4.69) is 10.6 Å². The molecule has 1 heterocycles. The number of carbonyl (C=O) groups excluding carboxylic acids is 2. The third kappa shape index (κ3) is 10.6. The first-order valence-electron chi connectivity index (χ1n) is 14.0. The van der Waals surface area contributed by atoms with Gasteiger partial charge in [0.25, 0.3) is 0 Å². The predicted molar refractivity (Wildman–Crippen MR) is 148 cm³/mol. The minimum atomic E-state index is -0.562. The summed E-state index contributed by atoms with van der Waals surface area (Å²) in [5.74, 6) is -0.499. The molecule has 1 aliphatic rings. The molecule has 5 N–H and O–H groups in total. The van der Waals surface area contributed by atoms with E-state index in [1.54, 1.807) is 20.0 Å². The molecule has 1 fully saturated rings. The van der Waals surface area contributed by atoms with E-state index in [-0.39, 0.29) is 30.8 Å². The van der Waals surface area contributed by atoms with Crippen molar-refractivity contribution in [2.45, 2.75) is 83.5 Å². The first-order chi connectivity index (χ1) is 18.6. The molecule has 0 bridgehead atoms. The maximum Gasteiger partial charge on any atom is 0.320 e. The number of hydrogen-bond acceptors (Lipinski definition) is 10. The topological polar surface area (TPSA) is 147 Å². The van der Waals surface area contributed by atoms with Crippen LogP contribution in [0.5, 0.6) is 11.5 Å². The smallest absolute Gasteiger partial charge is 0.320 e. The number of methoxy groups -OCH3 is 1. The molecular formula is C29H48N2O8. The minimum absolute atomic E-state index is 0.0108. The zero-order valence-corrected chi connectivity index (χ0v) is 23.9. The summed E-state index contributed by atoms with van der Waals surface area (Å²) in [4.78, 5) is 25.1. The van der Waals surface area contributed by atoms with E-state index in [1.165, 1.54) is 14.0 Å². The van der Waals surface area contributed by atoms with Gasteiger partial charge in [0, 0.05) is 25.4 Å². The number of aromatic hydroxyl groups is 1. The highest BCUT2D eigenvalue weighted by molar-refractivity contribution is 5.72. The summed E-state index contributed by atoms with van der Waals surface area (Å²) in [7, 11) is 3.19. The van der Waals surface area contributed by atoms with Gasteiger partial charge in [-0.3, -0.25) is 9.59 Å². The first kappa shape index (κ1) is 32.8. The monoisotopic (exact) mass is 552 g/mol. The fourth-order valence-electron chi connectivity index (χ4n) is 5.63. The molecule has 222 valence electrons. The lowest BCUT2D eigenvalue weighted by Gasteiger charge is -2.45. The van der Waals surface area contributed by atoms with Crippen molar-refractivity contribution in [1.29, 1.82) is 0 Å². The van der Waals surface area contributed by atoms with Crippen molar-refractivity contribution in [1.82, 2.24) is 10.6 Å². The summed E-state index contributed by atoms with van der Waals surface area (Å²) in [5, 5.41) is 35.9. The van der Waals surface area contributed by atoms with Crippen LogP contribution in [0.2, 0.25) is 0 Å². The Morgan fingerprint density at radius 3 is 2.46 bits per heavy atom. The van der Waals surface area contributed by atoms with Crippen LogP contribution in [-0.2, 0) is 25.5 Å². The number of aliphatic hydroxyl groups is 2. The Kier molecular flexibility index (Phi) is 14.0. The van der Waals surface area contributed by atoms with Gasteiger partial charge < -0.3 is 40.2 Å². The maximum absolute atomic E-state index is 12.9. The van der Waals surface area contributed by atoms with Gasteiger partial charge in [0.05, 0.1) is 19.8 Å². The fraction of sp³-hybridized carbons (Fsp3) is 0.724. The van der Waals surface area contributed by atoms with Crippen molar-refractivity contribution in [2.24, 2.45) is 11.3 Å². The number of hydrogen-bond donors (Lipinski definition) is 5. The second-order valence-electron chi connectivity index (χ2n) is 10.7. The fourth-order valence-corrected chi connectivity index (χ4v) is 5.63. The van der Waals surface area contributed by atoms with Crippen LogP contribution in [0.25, 0.3) is 0 Å². The summed E-state index contributed by atoms with van der Waals surface area (Å²) in [6, 6.07) is 5.26. The van der Waals surface area contributed by atoms with E-state index >= 15 is 0 Å². The van der Waals surface area contributed by atoms with Crippen molar-refractivity contribution in [3.05, 3.63) is 23.8 Å². The molecule has 1 aromatic carbocycles. The Balaban J connectivity index is 2.49. The molecule has 0 spiro atoms. The summed E-state index contributed by atoms with van der Waals surface area (Å²) in [5.41, 5.74) is 0.483. The van der Waals surface area contributed by atoms with Gasteiger partial charge in [-0.25, -0.2) is 0 Å². The molecule has 4 unspecified atom stereocenters. The average Bonchev–Trinajstić information content (AvgIpc) is 2.89. The molecule has 2 rings (SSSR count). The van der Waals surface area contributed by atoms with E-state index in [4.69, 9.17) is 14.2 Å². The number of carbonyl (C=O) groups is 2. The summed E-state index contributed by atoms with van der Waals surface area (Å²) in [6.07, 6.45) is 3.00. The largest absolute Gasteiger partial charge is 0.504 e. The molecule has 10 heteroatoms. The SMILES string of the molecule is CNCC(=O)OC(CC(OC(C)=O)C(CCCO)CCC(C)O)C1(Cc2ccc(O)c(OC)c2)CCNCC1. The van der Waals surface area contributed by atoms with Crippen LogP contribution in [0.1, 0.15) is 64.4 Å². The Morgan fingerprint density at radius 1 is 1.15 bits per heavy atom. The number of piperidine rings is 1. The molecule has 0 amide bonds. The number of phenolic OH excluding ortho intramolecular Hbond substituents is 1. The summed E-state index contributed by atoms with van der Waals surface area (Å²) < 4.78 is 17.4. The molecule has 1 saturated heterocycles.